The van der Waals surface area contributed by atoms with E-state index in [0.717, 1.165) is 11.4 Å². The normalized spacial score (nSPS) is 16.4. The molecule has 7 nitrogen and oxygen atoms in total. The van der Waals surface area contributed by atoms with Crippen LogP contribution in [-0.2, 0) is 9.57 Å². The maximum Gasteiger partial charge on any atom is 0.278 e. The molecule has 2 heterocycles. The van der Waals surface area contributed by atoms with Crippen molar-refractivity contribution >= 4 is 28.9 Å². The molecule has 0 bridgehead atoms. The fourth-order valence-electron chi connectivity index (χ4n) is 2.92. The van der Waals surface area contributed by atoms with Crippen LogP contribution in [0.15, 0.2) is 30.5 Å². The Bertz CT molecular complexity index is 869. The fourth-order valence-corrected chi connectivity index (χ4v) is 3.08. The third kappa shape index (κ3) is 4.38. The molecule has 0 unspecified atom stereocenters. The van der Waals surface area contributed by atoms with Crippen molar-refractivity contribution in [3.8, 4) is 5.75 Å². The molecule has 0 radical (unpaired) electrons. The van der Waals surface area contributed by atoms with E-state index in [1.165, 1.54) is 24.6 Å². The SMILES string of the molecule is CCONC(=O)c1cnc(Cl)cc1Nc1ccc(C2CC2)cc1OC1COC1. The van der Waals surface area contributed by atoms with Gasteiger partial charge < -0.3 is 14.8 Å². The van der Waals surface area contributed by atoms with Gasteiger partial charge in [-0.3, -0.25) is 9.63 Å². The number of carbonyl (C=O) groups is 1. The lowest BCUT2D eigenvalue weighted by Gasteiger charge is -2.28. The first kappa shape index (κ1) is 19.0. The molecule has 2 fully saturated rings. The van der Waals surface area contributed by atoms with Crippen molar-refractivity contribution in [3.05, 3.63) is 46.7 Å². The van der Waals surface area contributed by atoms with E-state index in [1.807, 2.05) is 6.07 Å². The first-order valence-electron chi connectivity index (χ1n) is 9.37. The van der Waals surface area contributed by atoms with Gasteiger partial charge in [0, 0.05) is 6.20 Å². The second kappa shape index (κ2) is 8.34. The van der Waals surface area contributed by atoms with Crippen LogP contribution >= 0.6 is 11.6 Å². The van der Waals surface area contributed by atoms with Gasteiger partial charge in [-0.15, -0.1) is 0 Å². The Balaban J connectivity index is 1.62. The molecule has 1 aromatic heterocycles. The molecule has 0 spiro atoms. The Hall–Kier alpha value is -2.35. The molecule has 1 saturated heterocycles. The van der Waals surface area contributed by atoms with Gasteiger partial charge in [0.25, 0.3) is 5.91 Å². The van der Waals surface area contributed by atoms with E-state index < -0.39 is 5.91 Å². The number of hydroxylamine groups is 1. The van der Waals surface area contributed by atoms with E-state index in [-0.39, 0.29) is 11.3 Å². The highest BCUT2D eigenvalue weighted by Gasteiger charge is 2.27. The minimum Gasteiger partial charge on any atom is -0.483 e. The van der Waals surface area contributed by atoms with Crippen LogP contribution in [0.3, 0.4) is 0 Å². The van der Waals surface area contributed by atoms with Gasteiger partial charge in [-0.05, 0) is 49.4 Å². The first-order chi connectivity index (χ1) is 13.6. The number of halogens is 1. The Kier molecular flexibility index (Phi) is 5.66. The molecule has 2 aromatic rings. The minimum atomic E-state index is -0.405. The lowest BCUT2D eigenvalue weighted by molar-refractivity contribution is -0.0794. The molecule has 1 saturated carbocycles. The van der Waals surface area contributed by atoms with Gasteiger partial charge in [0.2, 0.25) is 0 Å². The Labute approximate surface area is 168 Å². The highest BCUT2D eigenvalue weighted by Crippen LogP contribution is 2.43. The molecular formula is C20H22ClN3O4. The zero-order valence-corrected chi connectivity index (χ0v) is 16.3. The Morgan fingerprint density at radius 3 is 2.79 bits per heavy atom. The fraction of sp³-hybridized carbons (Fsp3) is 0.400. The minimum absolute atomic E-state index is 0.0387. The summed E-state index contributed by atoms with van der Waals surface area (Å²) < 4.78 is 11.3. The largest absolute Gasteiger partial charge is 0.483 e. The molecular weight excluding hydrogens is 382 g/mol. The van der Waals surface area contributed by atoms with E-state index in [0.29, 0.717) is 37.0 Å². The summed E-state index contributed by atoms with van der Waals surface area (Å²) in [5.74, 6) is 0.941. The first-order valence-corrected chi connectivity index (χ1v) is 9.75. The molecule has 1 aliphatic heterocycles. The number of ether oxygens (including phenoxy) is 2. The summed E-state index contributed by atoms with van der Waals surface area (Å²) >= 11 is 6.06. The van der Waals surface area contributed by atoms with Crippen molar-refractivity contribution in [3.63, 3.8) is 0 Å². The number of hydrogen-bond donors (Lipinski definition) is 2. The van der Waals surface area contributed by atoms with E-state index in [1.54, 1.807) is 13.0 Å². The van der Waals surface area contributed by atoms with Crippen molar-refractivity contribution < 1.29 is 19.1 Å². The molecule has 2 N–H and O–H groups in total. The highest BCUT2D eigenvalue weighted by molar-refractivity contribution is 6.29. The quantitative estimate of drug-likeness (QED) is 0.515. The average molecular weight is 404 g/mol. The number of rotatable bonds is 8. The number of aromatic nitrogens is 1. The van der Waals surface area contributed by atoms with E-state index >= 15 is 0 Å². The van der Waals surface area contributed by atoms with E-state index in [4.69, 9.17) is 25.9 Å². The second-order valence-corrected chi connectivity index (χ2v) is 7.24. The van der Waals surface area contributed by atoms with Crippen LogP contribution in [-0.4, -0.2) is 36.8 Å². The molecule has 1 amide bonds. The summed E-state index contributed by atoms with van der Waals surface area (Å²) in [6.45, 7) is 3.31. The summed E-state index contributed by atoms with van der Waals surface area (Å²) in [5, 5.41) is 3.55. The van der Waals surface area contributed by atoms with Crippen LogP contribution in [0.5, 0.6) is 5.75 Å². The van der Waals surface area contributed by atoms with Crippen LogP contribution in [0, 0.1) is 0 Å². The van der Waals surface area contributed by atoms with Gasteiger partial charge >= 0.3 is 0 Å². The van der Waals surface area contributed by atoms with E-state index in [2.05, 4.69) is 27.9 Å². The molecule has 1 aromatic carbocycles. The maximum atomic E-state index is 12.4. The zero-order chi connectivity index (χ0) is 19.5. The van der Waals surface area contributed by atoms with Gasteiger partial charge in [-0.1, -0.05) is 17.7 Å². The van der Waals surface area contributed by atoms with Gasteiger partial charge in [0.1, 0.15) is 17.0 Å². The van der Waals surface area contributed by atoms with Gasteiger partial charge in [0.05, 0.1) is 36.8 Å². The third-order valence-electron chi connectivity index (χ3n) is 4.65. The standard InChI is InChI=1S/C20H22ClN3O4/c1-2-27-24-20(25)15-9-22-19(21)8-17(15)23-16-6-5-13(12-3-4-12)7-18(16)28-14-10-26-11-14/h5-9,12,14H,2-4,10-11H2,1H3,(H,22,23)(H,24,25). The number of benzene rings is 1. The highest BCUT2D eigenvalue weighted by atomic mass is 35.5. The summed E-state index contributed by atoms with van der Waals surface area (Å²) in [7, 11) is 0. The van der Waals surface area contributed by atoms with Crippen LogP contribution < -0.4 is 15.5 Å². The van der Waals surface area contributed by atoms with Gasteiger partial charge in [0.15, 0.2) is 0 Å². The van der Waals surface area contributed by atoms with Crippen molar-refractivity contribution in [1.82, 2.24) is 10.5 Å². The number of nitrogens with zero attached hydrogens (tertiary/aromatic N) is 1. The smallest absolute Gasteiger partial charge is 0.278 e. The van der Waals surface area contributed by atoms with E-state index in [9.17, 15) is 4.79 Å². The Morgan fingerprint density at radius 2 is 2.11 bits per heavy atom. The zero-order valence-electron chi connectivity index (χ0n) is 15.5. The number of carbonyl (C=O) groups excluding carboxylic acids is 1. The number of nitrogens with one attached hydrogen (secondary N) is 2. The number of amides is 1. The summed E-state index contributed by atoms with van der Waals surface area (Å²) in [6, 6.07) is 7.74. The van der Waals surface area contributed by atoms with Crippen molar-refractivity contribution in [2.45, 2.75) is 31.8 Å². The van der Waals surface area contributed by atoms with Gasteiger partial charge in [-0.2, -0.15) is 0 Å². The maximum absolute atomic E-state index is 12.4. The van der Waals surface area contributed by atoms with Crippen LogP contribution in [0.1, 0.15) is 41.6 Å². The van der Waals surface area contributed by atoms with Crippen LogP contribution in [0.2, 0.25) is 5.15 Å². The molecule has 0 atom stereocenters. The van der Waals surface area contributed by atoms with Crippen molar-refractivity contribution in [2.24, 2.45) is 0 Å². The van der Waals surface area contributed by atoms with Crippen LogP contribution in [0.25, 0.3) is 0 Å². The number of hydrogen-bond acceptors (Lipinski definition) is 6. The average Bonchev–Trinajstić information content (AvgIpc) is 3.49. The van der Waals surface area contributed by atoms with Crippen molar-refractivity contribution in [2.75, 3.05) is 25.1 Å². The molecule has 8 heteroatoms. The number of anilines is 2. The molecule has 28 heavy (non-hydrogen) atoms. The lowest BCUT2D eigenvalue weighted by atomic mass is 10.1. The topological polar surface area (TPSA) is 81.7 Å². The molecule has 2 aliphatic rings. The lowest BCUT2D eigenvalue weighted by Crippen LogP contribution is -2.38. The predicted molar refractivity (Wildman–Crippen MR) is 105 cm³/mol. The molecule has 1 aliphatic carbocycles. The van der Waals surface area contributed by atoms with Crippen LogP contribution in [0.4, 0.5) is 11.4 Å². The number of pyridine rings is 1. The molecule has 4 rings (SSSR count). The summed E-state index contributed by atoms with van der Waals surface area (Å²) in [6.07, 6.45) is 3.87. The molecule has 148 valence electrons. The Morgan fingerprint density at radius 1 is 1.29 bits per heavy atom. The van der Waals surface area contributed by atoms with Crippen molar-refractivity contribution in [1.29, 1.82) is 0 Å². The predicted octanol–water partition coefficient (Wildman–Crippen LogP) is 3.81. The summed E-state index contributed by atoms with van der Waals surface area (Å²) in [4.78, 5) is 21.4. The third-order valence-corrected chi connectivity index (χ3v) is 4.86. The summed E-state index contributed by atoms with van der Waals surface area (Å²) in [5.41, 5.74) is 5.24. The second-order valence-electron chi connectivity index (χ2n) is 6.85. The monoisotopic (exact) mass is 403 g/mol. The van der Waals surface area contributed by atoms with Gasteiger partial charge in [-0.25, -0.2) is 10.5 Å².